The molecule has 0 saturated carbocycles. The minimum absolute atomic E-state index is 0.272. The molecule has 23 heavy (non-hydrogen) atoms. The Labute approximate surface area is 130 Å². The maximum atomic E-state index is 12.3. The van der Waals surface area contributed by atoms with Crippen molar-refractivity contribution >= 4 is 16.9 Å². The zero-order chi connectivity index (χ0) is 16.0. The molecule has 7 nitrogen and oxygen atoms in total. The van der Waals surface area contributed by atoms with Gasteiger partial charge in [0.1, 0.15) is 5.56 Å². The van der Waals surface area contributed by atoms with Gasteiger partial charge in [-0.15, -0.1) is 0 Å². The van der Waals surface area contributed by atoms with Crippen molar-refractivity contribution in [2.24, 2.45) is 0 Å². The summed E-state index contributed by atoms with van der Waals surface area (Å²) < 4.78 is 8.88. The highest BCUT2D eigenvalue weighted by molar-refractivity contribution is 5.93. The van der Waals surface area contributed by atoms with Gasteiger partial charge in [-0.3, -0.25) is 14.0 Å². The molecule has 1 aliphatic rings. The van der Waals surface area contributed by atoms with Crippen molar-refractivity contribution in [3.8, 4) is 5.82 Å². The lowest BCUT2D eigenvalue weighted by atomic mass is 10.1. The zero-order valence-corrected chi connectivity index (χ0v) is 12.1. The number of pyridine rings is 1. The number of rotatable bonds is 2. The minimum atomic E-state index is -1.25. The number of hydrogen-bond acceptors (Lipinski definition) is 4. The van der Waals surface area contributed by atoms with Crippen molar-refractivity contribution in [2.45, 2.75) is 13.2 Å². The lowest BCUT2D eigenvalue weighted by molar-refractivity contribution is 0.0695. The molecule has 1 aromatic carbocycles. The first-order valence-corrected chi connectivity index (χ1v) is 7.17. The first-order chi connectivity index (χ1) is 11.1. The molecule has 0 amide bonds. The van der Waals surface area contributed by atoms with E-state index in [1.807, 2.05) is 10.7 Å². The fraction of sp³-hybridized carbons (Fsp3) is 0.188. The Kier molecular flexibility index (Phi) is 3.02. The molecule has 0 atom stereocenters. The van der Waals surface area contributed by atoms with Gasteiger partial charge in [-0.05, 0) is 12.1 Å². The molecule has 116 valence electrons. The maximum absolute atomic E-state index is 12.3. The molecular formula is C16H13N3O4. The second-order valence-corrected chi connectivity index (χ2v) is 5.33. The van der Waals surface area contributed by atoms with Crippen molar-refractivity contribution in [3.63, 3.8) is 0 Å². The average Bonchev–Trinajstić information content (AvgIpc) is 2.99. The highest BCUT2D eigenvalue weighted by Crippen LogP contribution is 2.19. The number of aromatic nitrogens is 3. The van der Waals surface area contributed by atoms with Crippen LogP contribution in [-0.2, 0) is 17.9 Å². The van der Waals surface area contributed by atoms with Crippen molar-refractivity contribution < 1.29 is 14.6 Å². The van der Waals surface area contributed by atoms with Gasteiger partial charge in [0.2, 0.25) is 5.43 Å². The van der Waals surface area contributed by atoms with Gasteiger partial charge < -0.3 is 9.84 Å². The van der Waals surface area contributed by atoms with Gasteiger partial charge >= 0.3 is 5.97 Å². The molecular weight excluding hydrogens is 298 g/mol. The van der Waals surface area contributed by atoms with Crippen LogP contribution in [0.4, 0.5) is 0 Å². The van der Waals surface area contributed by atoms with Crippen LogP contribution in [0.25, 0.3) is 16.7 Å². The molecule has 0 spiro atoms. The summed E-state index contributed by atoms with van der Waals surface area (Å²) in [6.45, 7) is 1.72. The van der Waals surface area contributed by atoms with E-state index >= 15 is 0 Å². The summed E-state index contributed by atoms with van der Waals surface area (Å²) in [4.78, 5) is 23.7. The number of hydrogen-bond donors (Lipinski definition) is 1. The van der Waals surface area contributed by atoms with Crippen molar-refractivity contribution in [3.05, 3.63) is 58.0 Å². The molecule has 0 saturated heterocycles. The van der Waals surface area contributed by atoms with E-state index in [2.05, 4.69) is 5.10 Å². The summed E-state index contributed by atoms with van der Waals surface area (Å²) in [5, 5.41) is 14.2. The number of carbonyl (C=O) groups is 1. The number of aromatic carboxylic acids is 1. The molecule has 0 bridgehead atoms. The Bertz CT molecular complexity index is 963. The number of fused-ring (bicyclic) bond motifs is 2. The maximum Gasteiger partial charge on any atom is 0.341 e. The van der Waals surface area contributed by atoms with Gasteiger partial charge in [-0.2, -0.15) is 5.10 Å². The van der Waals surface area contributed by atoms with Crippen LogP contribution in [-0.4, -0.2) is 32.0 Å². The normalized spacial score (nSPS) is 13.9. The van der Waals surface area contributed by atoms with Crippen LogP contribution in [0.1, 0.15) is 16.1 Å². The quantitative estimate of drug-likeness (QED) is 0.773. The minimum Gasteiger partial charge on any atom is -0.477 e. The third-order valence-corrected chi connectivity index (χ3v) is 3.94. The molecule has 0 unspecified atom stereocenters. The number of benzene rings is 1. The Balaban J connectivity index is 2.02. The Morgan fingerprint density at radius 3 is 2.91 bits per heavy atom. The monoisotopic (exact) mass is 311 g/mol. The average molecular weight is 311 g/mol. The standard InChI is InChI=1S/C16H13N3O4/c20-15-11-3-1-2-4-13(11)18(8-12(15)16(21)22)14-7-10-9-23-6-5-19(10)17-14/h1-4,7-8H,5-6,9H2,(H,21,22). The van der Waals surface area contributed by atoms with Crippen LogP contribution in [0.5, 0.6) is 0 Å². The molecule has 3 aromatic rings. The van der Waals surface area contributed by atoms with Crippen molar-refractivity contribution in [1.82, 2.24) is 14.3 Å². The Hall–Kier alpha value is -2.93. The predicted octanol–water partition coefficient (Wildman–Crippen LogP) is 1.42. The molecule has 0 fully saturated rings. The predicted molar refractivity (Wildman–Crippen MR) is 81.9 cm³/mol. The molecule has 1 N–H and O–H groups in total. The van der Waals surface area contributed by atoms with E-state index < -0.39 is 11.4 Å². The van der Waals surface area contributed by atoms with Crippen LogP contribution in [0.15, 0.2) is 41.3 Å². The van der Waals surface area contributed by atoms with Gasteiger partial charge in [-0.1, -0.05) is 12.1 Å². The first kappa shape index (κ1) is 13.7. The van der Waals surface area contributed by atoms with E-state index in [-0.39, 0.29) is 5.56 Å². The first-order valence-electron chi connectivity index (χ1n) is 7.17. The van der Waals surface area contributed by atoms with Crippen LogP contribution < -0.4 is 5.43 Å². The largest absolute Gasteiger partial charge is 0.477 e. The van der Waals surface area contributed by atoms with Gasteiger partial charge in [-0.25, -0.2) is 4.79 Å². The van der Waals surface area contributed by atoms with E-state index in [4.69, 9.17) is 4.74 Å². The van der Waals surface area contributed by atoms with Crippen molar-refractivity contribution in [2.75, 3.05) is 6.61 Å². The number of para-hydroxylation sites is 1. The Morgan fingerprint density at radius 2 is 2.13 bits per heavy atom. The van der Waals surface area contributed by atoms with E-state index in [0.29, 0.717) is 36.5 Å². The van der Waals surface area contributed by atoms with Crippen LogP contribution >= 0.6 is 0 Å². The Morgan fingerprint density at radius 1 is 1.30 bits per heavy atom. The lowest BCUT2D eigenvalue weighted by Gasteiger charge is -2.13. The number of carboxylic acid groups (broad SMARTS) is 1. The second-order valence-electron chi connectivity index (χ2n) is 5.33. The number of carboxylic acids is 1. The summed E-state index contributed by atoms with van der Waals surface area (Å²) >= 11 is 0. The topological polar surface area (TPSA) is 86.3 Å². The van der Waals surface area contributed by atoms with E-state index in [0.717, 1.165) is 5.69 Å². The lowest BCUT2D eigenvalue weighted by Crippen LogP contribution is -2.19. The number of nitrogens with zero attached hydrogens (tertiary/aromatic N) is 3. The van der Waals surface area contributed by atoms with Crippen LogP contribution in [0.3, 0.4) is 0 Å². The van der Waals surface area contributed by atoms with Gasteiger partial charge in [0.25, 0.3) is 0 Å². The zero-order valence-electron chi connectivity index (χ0n) is 12.1. The molecule has 7 heteroatoms. The van der Waals surface area contributed by atoms with Crippen molar-refractivity contribution in [1.29, 1.82) is 0 Å². The summed E-state index contributed by atoms with van der Waals surface area (Å²) in [7, 11) is 0. The van der Waals surface area contributed by atoms with Gasteiger partial charge in [0.05, 0.1) is 31.0 Å². The summed E-state index contributed by atoms with van der Waals surface area (Å²) in [6.07, 6.45) is 1.34. The van der Waals surface area contributed by atoms with E-state index in [1.54, 1.807) is 28.8 Å². The van der Waals surface area contributed by atoms with Gasteiger partial charge in [0, 0.05) is 17.6 Å². The third-order valence-electron chi connectivity index (χ3n) is 3.94. The summed E-state index contributed by atoms with van der Waals surface area (Å²) in [5.74, 6) is -0.675. The molecule has 2 aromatic heterocycles. The summed E-state index contributed by atoms with van der Waals surface area (Å²) in [5.41, 5.74) is 0.785. The number of ether oxygens (including phenoxy) is 1. The fourth-order valence-corrected chi connectivity index (χ4v) is 2.82. The summed E-state index contributed by atoms with van der Waals surface area (Å²) in [6, 6.07) is 8.77. The smallest absolute Gasteiger partial charge is 0.341 e. The highest BCUT2D eigenvalue weighted by atomic mass is 16.5. The van der Waals surface area contributed by atoms with E-state index in [1.165, 1.54) is 6.20 Å². The molecule has 0 aliphatic carbocycles. The molecule has 0 radical (unpaired) electrons. The van der Waals surface area contributed by atoms with Gasteiger partial charge in [0.15, 0.2) is 5.82 Å². The molecule has 1 aliphatic heterocycles. The molecule has 4 rings (SSSR count). The van der Waals surface area contributed by atoms with Crippen LogP contribution in [0.2, 0.25) is 0 Å². The van der Waals surface area contributed by atoms with Crippen LogP contribution in [0, 0.1) is 0 Å². The second kappa shape index (κ2) is 5.06. The molecule has 3 heterocycles. The third kappa shape index (κ3) is 2.13. The highest BCUT2D eigenvalue weighted by Gasteiger charge is 2.18. The van der Waals surface area contributed by atoms with E-state index in [9.17, 15) is 14.7 Å². The SMILES string of the molecule is O=C(O)c1cn(-c2cc3n(n2)CCOC3)c2ccccc2c1=O. The fourth-order valence-electron chi connectivity index (χ4n) is 2.82.